The maximum atomic E-state index is 12.5. The average Bonchev–Trinajstić information content (AvgIpc) is 2.51. The number of carbonyl (C=O) groups excluding carboxylic acids is 1. The van der Waals surface area contributed by atoms with E-state index in [9.17, 15) is 4.79 Å². The molecule has 1 aromatic rings. The zero-order valence-corrected chi connectivity index (χ0v) is 13.1. The van der Waals surface area contributed by atoms with E-state index in [1.165, 1.54) is 5.56 Å². The molecule has 0 aliphatic carbocycles. The SMILES string of the molecule is CCC(C#N)N1CCN(C(=O)c2ccc(C)c(C)c2)CC1. The van der Waals surface area contributed by atoms with Gasteiger partial charge in [0.25, 0.3) is 5.91 Å². The third kappa shape index (κ3) is 3.43. The third-order valence-electron chi connectivity index (χ3n) is 4.33. The van der Waals surface area contributed by atoms with E-state index in [4.69, 9.17) is 5.26 Å². The largest absolute Gasteiger partial charge is 0.336 e. The summed E-state index contributed by atoms with van der Waals surface area (Å²) in [6.45, 7) is 9.07. The molecule has 1 unspecified atom stereocenters. The predicted octanol–water partition coefficient (Wildman–Crippen LogP) is 2.36. The summed E-state index contributed by atoms with van der Waals surface area (Å²) in [6.07, 6.45) is 0.835. The molecule has 0 radical (unpaired) electrons. The van der Waals surface area contributed by atoms with Gasteiger partial charge in [0, 0.05) is 31.7 Å². The van der Waals surface area contributed by atoms with E-state index >= 15 is 0 Å². The Morgan fingerprint density at radius 1 is 1.24 bits per heavy atom. The highest BCUT2D eigenvalue weighted by molar-refractivity contribution is 5.94. The fourth-order valence-corrected chi connectivity index (χ4v) is 2.72. The lowest BCUT2D eigenvalue weighted by molar-refractivity contribution is 0.0604. The third-order valence-corrected chi connectivity index (χ3v) is 4.33. The van der Waals surface area contributed by atoms with E-state index in [2.05, 4.69) is 17.9 Å². The van der Waals surface area contributed by atoms with Crippen LogP contribution in [0, 0.1) is 25.2 Å². The number of amides is 1. The molecule has 1 aliphatic rings. The second kappa shape index (κ2) is 6.73. The first-order chi connectivity index (χ1) is 10.1. The summed E-state index contributed by atoms with van der Waals surface area (Å²) in [7, 11) is 0. The van der Waals surface area contributed by atoms with Crippen LogP contribution in [0.2, 0.25) is 0 Å². The van der Waals surface area contributed by atoms with Crippen LogP contribution in [-0.2, 0) is 0 Å². The van der Waals surface area contributed by atoms with Crippen molar-refractivity contribution in [2.45, 2.75) is 33.2 Å². The lowest BCUT2D eigenvalue weighted by Gasteiger charge is -2.36. The molecular formula is C17H23N3O. The van der Waals surface area contributed by atoms with Gasteiger partial charge >= 0.3 is 0 Å². The molecule has 0 saturated carbocycles. The lowest BCUT2D eigenvalue weighted by Crippen LogP contribution is -2.51. The van der Waals surface area contributed by atoms with E-state index in [-0.39, 0.29) is 11.9 Å². The Bertz CT molecular complexity index is 554. The van der Waals surface area contributed by atoms with Crippen molar-refractivity contribution in [2.75, 3.05) is 26.2 Å². The van der Waals surface area contributed by atoms with Crippen LogP contribution in [-0.4, -0.2) is 47.9 Å². The van der Waals surface area contributed by atoms with E-state index in [0.29, 0.717) is 13.1 Å². The van der Waals surface area contributed by atoms with E-state index in [0.717, 1.165) is 30.6 Å². The van der Waals surface area contributed by atoms with Gasteiger partial charge in [0.05, 0.1) is 12.1 Å². The van der Waals surface area contributed by atoms with Gasteiger partial charge in [-0.25, -0.2) is 0 Å². The molecule has 1 amide bonds. The van der Waals surface area contributed by atoms with Crippen LogP contribution in [0.5, 0.6) is 0 Å². The average molecular weight is 285 g/mol. The van der Waals surface area contributed by atoms with Crippen LogP contribution in [0.3, 0.4) is 0 Å². The predicted molar refractivity (Wildman–Crippen MR) is 83.1 cm³/mol. The lowest BCUT2D eigenvalue weighted by atomic mass is 10.1. The van der Waals surface area contributed by atoms with E-state index < -0.39 is 0 Å². The monoisotopic (exact) mass is 285 g/mol. The molecule has 0 spiro atoms. The maximum Gasteiger partial charge on any atom is 0.253 e. The minimum absolute atomic E-state index is 0.0242. The van der Waals surface area contributed by atoms with Gasteiger partial charge in [0.15, 0.2) is 0 Å². The van der Waals surface area contributed by atoms with Gasteiger partial charge in [-0.1, -0.05) is 13.0 Å². The van der Waals surface area contributed by atoms with Crippen molar-refractivity contribution in [2.24, 2.45) is 0 Å². The number of benzene rings is 1. The summed E-state index contributed by atoms with van der Waals surface area (Å²) in [5, 5.41) is 9.12. The molecule has 1 fully saturated rings. The van der Waals surface area contributed by atoms with Gasteiger partial charge in [-0.05, 0) is 43.5 Å². The molecule has 4 nitrogen and oxygen atoms in total. The van der Waals surface area contributed by atoms with E-state index in [1.54, 1.807) is 0 Å². The smallest absolute Gasteiger partial charge is 0.253 e. The molecule has 4 heteroatoms. The van der Waals surface area contributed by atoms with Crippen LogP contribution in [0.15, 0.2) is 18.2 Å². The number of nitrogens with zero attached hydrogens (tertiary/aromatic N) is 3. The molecule has 0 N–H and O–H groups in total. The molecule has 0 bridgehead atoms. The first kappa shape index (κ1) is 15.5. The van der Waals surface area contributed by atoms with Crippen LogP contribution in [0.25, 0.3) is 0 Å². The molecule has 1 saturated heterocycles. The fraction of sp³-hybridized carbons (Fsp3) is 0.529. The van der Waals surface area contributed by atoms with Crippen molar-refractivity contribution in [3.63, 3.8) is 0 Å². The normalized spacial score (nSPS) is 17.3. The Morgan fingerprint density at radius 2 is 1.90 bits per heavy atom. The fourth-order valence-electron chi connectivity index (χ4n) is 2.72. The first-order valence-corrected chi connectivity index (χ1v) is 7.57. The van der Waals surface area contributed by atoms with Gasteiger partial charge in [-0.3, -0.25) is 9.69 Å². The highest BCUT2D eigenvalue weighted by Crippen LogP contribution is 2.15. The van der Waals surface area contributed by atoms with Crippen molar-refractivity contribution in [3.8, 4) is 6.07 Å². The van der Waals surface area contributed by atoms with Gasteiger partial charge in [-0.2, -0.15) is 5.26 Å². The number of hydrogen-bond donors (Lipinski definition) is 0. The Kier molecular flexibility index (Phi) is 4.98. The maximum absolute atomic E-state index is 12.5. The zero-order chi connectivity index (χ0) is 15.4. The summed E-state index contributed by atoms with van der Waals surface area (Å²) in [5.74, 6) is 0.0998. The molecule has 2 rings (SSSR count). The van der Waals surface area contributed by atoms with Crippen LogP contribution in [0.1, 0.15) is 34.8 Å². The van der Waals surface area contributed by atoms with Gasteiger partial charge in [0.2, 0.25) is 0 Å². The number of hydrogen-bond acceptors (Lipinski definition) is 3. The molecule has 1 aliphatic heterocycles. The van der Waals surface area contributed by atoms with E-state index in [1.807, 2.05) is 36.9 Å². The standard InChI is InChI=1S/C17H23N3O/c1-4-16(12-18)19-7-9-20(10-8-19)17(21)15-6-5-13(2)14(3)11-15/h5-6,11,16H,4,7-10H2,1-3H3. The molecule has 0 aromatic heterocycles. The number of carbonyl (C=O) groups is 1. The quantitative estimate of drug-likeness (QED) is 0.856. The van der Waals surface area contributed by atoms with Crippen LogP contribution >= 0.6 is 0 Å². The van der Waals surface area contributed by atoms with Crippen molar-refractivity contribution < 1.29 is 4.79 Å². The summed E-state index contributed by atoms with van der Waals surface area (Å²) < 4.78 is 0. The van der Waals surface area contributed by atoms with Gasteiger partial charge < -0.3 is 4.90 Å². The topological polar surface area (TPSA) is 47.3 Å². The summed E-state index contributed by atoms with van der Waals surface area (Å²) >= 11 is 0. The summed E-state index contributed by atoms with van der Waals surface area (Å²) in [5.41, 5.74) is 3.12. The second-order valence-electron chi connectivity index (χ2n) is 5.68. The molecule has 112 valence electrons. The number of piperazine rings is 1. The Balaban J connectivity index is 2.00. The first-order valence-electron chi connectivity index (χ1n) is 7.57. The molecule has 1 aromatic carbocycles. The summed E-state index contributed by atoms with van der Waals surface area (Å²) in [6, 6.07) is 8.18. The summed E-state index contributed by atoms with van der Waals surface area (Å²) in [4.78, 5) is 16.6. The van der Waals surface area contributed by atoms with Crippen molar-refractivity contribution in [1.82, 2.24) is 9.80 Å². The number of aryl methyl sites for hydroxylation is 2. The minimum Gasteiger partial charge on any atom is -0.336 e. The highest BCUT2D eigenvalue weighted by Gasteiger charge is 2.25. The molecule has 1 heterocycles. The van der Waals surface area contributed by atoms with Crippen LogP contribution < -0.4 is 0 Å². The second-order valence-corrected chi connectivity index (χ2v) is 5.68. The Labute approximate surface area is 127 Å². The minimum atomic E-state index is -0.0242. The van der Waals surface area contributed by atoms with Crippen molar-refractivity contribution in [1.29, 1.82) is 5.26 Å². The van der Waals surface area contributed by atoms with Gasteiger partial charge in [0.1, 0.15) is 0 Å². The van der Waals surface area contributed by atoms with Crippen molar-refractivity contribution >= 4 is 5.91 Å². The highest BCUT2D eigenvalue weighted by atomic mass is 16.2. The zero-order valence-electron chi connectivity index (χ0n) is 13.1. The number of rotatable bonds is 3. The molecular weight excluding hydrogens is 262 g/mol. The molecule has 21 heavy (non-hydrogen) atoms. The van der Waals surface area contributed by atoms with Crippen LogP contribution in [0.4, 0.5) is 0 Å². The Hall–Kier alpha value is -1.86. The Morgan fingerprint density at radius 3 is 2.43 bits per heavy atom. The number of nitriles is 1. The van der Waals surface area contributed by atoms with Crippen molar-refractivity contribution in [3.05, 3.63) is 34.9 Å². The van der Waals surface area contributed by atoms with Gasteiger partial charge in [-0.15, -0.1) is 0 Å². The molecule has 1 atom stereocenters.